The number of halogens is 1. The molecule has 0 bridgehead atoms. The van der Waals surface area contributed by atoms with Gasteiger partial charge in [0.1, 0.15) is 0 Å². The monoisotopic (exact) mass is 235 g/mol. The first kappa shape index (κ1) is 13.1. The third-order valence-electron chi connectivity index (χ3n) is 2.46. The molecule has 1 aromatic carbocycles. The summed E-state index contributed by atoms with van der Waals surface area (Å²) in [5.74, 6) is 6.03. The van der Waals surface area contributed by atoms with Crippen LogP contribution in [0.2, 0.25) is 5.02 Å². The van der Waals surface area contributed by atoms with Crippen molar-refractivity contribution < 1.29 is 0 Å². The zero-order chi connectivity index (χ0) is 11.8. The van der Waals surface area contributed by atoms with Gasteiger partial charge >= 0.3 is 0 Å². The largest absolute Gasteiger partial charge is 0.310 e. The number of hydrogen-bond donors (Lipinski definition) is 1. The van der Waals surface area contributed by atoms with E-state index in [2.05, 4.69) is 36.2 Å². The molecule has 0 radical (unpaired) electrons. The summed E-state index contributed by atoms with van der Waals surface area (Å²) in [6.45, 7) is 4.96. The summed E-state index contributed by atoms with van der Waals surface area (Å²) in [6.07, 6.45) is 1.97. The number of benzene rings is 1. The maximum Gasteiger partial charge on any atom is 0.0406 e. The highest BCUT2D eigenvalue weighted by molar-refractivity contribution is 6.30. The summed E-state index contributed by atoms with van der Waals surface area (Å²) in [4.78, 5) is 0. The fourth-order valence-corrected chi connectivity index (χ4v) is 1.80. The zero-order valence-corrected chi connectivity index (χ0v) is 10.6. The van der Waals surface area contributed by atoms with Crippen molar-refractivity contribution >= 4 is 11.6 Å². The van der Waals surface area contributed by atoms with E-state index >= 15 is 0 Å². The van der Waals surface area contributed by atoms with Crippen molar-refractivity contribution in [2.45, 2.75) is 32.7 Å². The van der Waals surface area contributed by atoms with Crippen molar-refractivity contribution in [3.05, 3.63) is 34.9 Å². The Balaban J connectivity index is 2.67. The highest BCUT2D eigenvalue weighted by Crippen LogP contribution is 2.20. The molecule has 1 atom stereocenters. The second-order valence-electron chi connectivity index (χ2n) is 3.63. The third-order valence-corrected chi connectivity index (χ3v) is 2.71. The highest BCUT2D eigenvalue weighted by Gasteiger charge is 2.08. The van der Waals surface area contributed by atoms with Crippen molar-refractivity contribution in [2.75, 3.05) is 6.54 Å². The van der Waals surface area contributed by atoms with Crippen LogP contribution in [-0.4, -0.2) is 6.54 Å². The summed E-state index contributed by atoms with van der Waals surface area (Å²) in [6, 6.07) is 8.41. The van der Waals surface area contributed by atoms with Crippen molar-refractivity contribution in [2.24, 2.45) is 0 Å². The first-order valence-electron chi connectivity index (χ1n) is 5.66. The first-order chi connectivity index (χ1) is 7.77. The molecule has 0 heterocycles. The second kappa shape index (κ2) is 7.33. The van der Waals surface area contributed by atoms with E-state index in [1.54, 1.807) is 0 Å². The number of rotatable bonds is 5. The maximum absolute atomic E-state index is 5.88. The van der Waals surface area contributed by atoms with Crippen LogP contribution in [0.5, 0.6) is 0 Å². The molecule has 0 aliphatic carbocycles. The van der Waals surface area contributed by atoms with E-state index in [4.69, 9.17) is 11.6 Å². The fourth-order valence-electron chi connectivity index (χ4n) is 1.67. The Morgan fingerprint density at radius 2 is 2.00 bits per heavy atom. The molecule has 1 aromatic rings. The van der Waals surface area contributed by atoms with Crippen LogP contribution in [0, 0.1) is 11.8 Å². The second-order valence-corrected chi connectivity index (χ2v) is 4.06. The molecule has 1 unspecified atom stereocenters. The lowest BCUT2D eigenvalue weighted by atomic mass is 10.0. The molecule has 16 heavy (non-hydrogen) atoms. The molecule has 1 rings (SSSR count). The third kappa shape index (κ3) is 4.26. The summed E-state index contributed by atoms with van der Waals surface area (Å²) in [7, 11) is 0. The Morgan fingerprint density at radius 1 is 1.31 bits per heavy atom. The van der Waals surface area contributed by atoms with Gasteiger partial charge in [0.25, 0.3) is 0 Å². The predicted octanol–water partition coefficient (Wildman–Crippen LogP) is 3.79. The van der Waals surface area contributed by atoms with Gasteiger partial charge in [-0.05, 0) is 37.6 Å². The molecule has 2 heteroatoms. The molecule has 0 fully saturated rings. The summed E-state index contributed by atoms with van der Waals surface area (Å²) in [5, 5.41) is 4.25. The van der Waals surface area contributed by atoms with Gasteiger partial charge < -0.3 is 5.32 Å². The molecule has 0 aromatic heterocycles. The van der Waals surface area contributed by atoms with Crippen LogP contribution in [0.15, 0.2) is 24.3 Å². The van der Waals surface area contributed by atoms with E-state index in [1.165, 1.54) is 5.56 Å². The SMILES string of the molecule is CC#CCCC(NCC)c1ccc(Cl)cc1. The quantitative estimate of drug-likeness (QED) is 0.766. The van der Waals surface area contributed by atoms with Gasteiger partial charge in [0, 0.05) is 17.5 Å². The van der Waals surface area contributed by atoms with Crippen LogP contribution >= 0.6 is 11.6 Å². The van der Waals surface area contributed by atoms with Crippen LogP contribution in [-0.2, 0) is 0 Å². The smallest absolute Gasteiger partial charge is 0.0406 e. The van der Waals surface area contributed by atoms with Crippen molar-refractivity contribution in [3.8, 4) is 11.8 Å². The Hall–Kier alpha value is -0.970. The minimum atomic E-state index is 0.378. The molecule has 0 spiro atoms. The van der Waals surface area contributed by atoms with Crippen LogP contribution in [0.25, 0.3) is 0 Å². The molecule has 0 aliphatic rings. The molecular weight excluding hydrogens is 218 g/mol. The van der Waals surface area contributed by atoms with Gasteiger partial charge in [-0.2, -0.15) is 0 Å². The molecule has 86 valence electrons. The minimum absolute atomic E-state index is 0.378. The van der Waals surface area contributed by atoms with Gasteiger partial charge in [-0.25, -0.2) is 0 Å². The van der Waals surface area contributed by atoms with Gasteiger partial charge in [-0.3, -0.25) is 0 Å². The van der Waals surface area contributed by atoms with Gasteiger partial charge in [0.15, 0.2) is 0 Å². The summed E-state index contributed by atoms with van der Waals surface area (Å²) >= 11 is 5.88. The van der Waals surface area contributed by atoms with Crippen molar-refractivity contribution in [1.82, 2.24) is 5.32 Å². The standard InChI is InChI=1S/C14H18ClN/c1-3-5-6-7-14(16-4-2)12-8-10-13(15)11-9-12/h8-11,14,16H,4,6-7H2,1-2H3. The fraction of sp³-hybridized carbons (Fsp3) is 0.429. The lowest BCUT2D eigenvalue weighted by Crippen LogP contribution is -2.20. The molecule has 0 aliphatic heterocycles. The van der Waals surface area contributed by atoms with E-state index in [0.717, 1.165) is 24.4 Å². The Labute approximate surface area is 103 Å². The van der Waals surface area contributed by atoms with E-state index in [-0.39, 0.29) is 0 Å². The highest BCUT2D eigenvalue weighted by atomic mass is 35.5. The number of nitrogens with one attached hydrogen (secondary N) is 1. The molecule has 1 nitrogen and oxygen atoms in total. The Bertz CT molecular complexity index is 359. The topological polar surface area (TPSA) is 12.0 Å². The predicted molar refractivity (Wildman–Crippen MR) is 70.6 cm³/mol. The molecule has 0 saturated heterocycles. The zero-order valence-electron chi connectivity index (χ0n) is 9.89. The van der Waals surface area contributed by atoms with Crippen molar-refractivity contribution in [1.29, 1.82) is 0 Å². The van der Waals surface area contributed by atoms with E-state index < -0.39 is 0 Å². The van der Waals surface area contributed by atoms with Crippen LogP contribution in [0.4, 0.5) is 0 Å². The van der Waals surface area contributed by atoms with E-state index in [9.17, 15) is 0 Å². The van der Waals surface area contributed by atoms with Gasteiger partial charge in [0.2, 0.25) is 0 Å². The average molecular weight is 236 g/mol. The molecular formula is C14H18ClN. The maximum atomic E-state index is 5.88. The molecule has 0 saturated carbocycles. The average Bonchev–Trinajstić information content (AvgIpc) is 2.29. The minimum Gasteiger partial charge on any atom is -0.310 e. The van der Waals surface area contributed by atoms with Crippen LogP contribution in [0.3, 0.4) is 0 Å². The number of hydrogen-bond acceptors (Lipinski definition) is 1. The normalized spacial score (nSPS) is 11.7. The van der Waals surface area contributed by atoms with Gasteiger partial charge in [0.05, 0.1) is 0 Å². The van der Waals surface area contributed by atoms with Crippen LogP contribution < -0.4 is 5.32 Å². The lowest BCUT2D eigenvalue weighted by Gasteiger charge is -2.17. The molecule has 1 N–H and O–H groups in total. The van der Waals surface area contributed by atoms with E-state index in [1.807, 2.05) is 19.1 Å². The van der Waals surface area contributed by atoms with Gasteiger partial charge in [-0.1, -0.05) is 30.7 Å². The van der Waals surface area contributed by atoms with E-state index in [0.29, 0.717) is 6.04 Å². The Morgan fingerprint density at radius 3 is 2.56 bits per heavy atom. The van der Waals surface area contributed by atoms with Gasteiger partial charge in [-0.15, -0.1) is 11.8 Å². The molecule has 0 amide bonds. The summed E-state index contributed by atoms with van der Waals surface area (Å²) in [5.41, 5.74) is 1.28. The first-order valence-corrected chi connectivity index (χ1v) is 6.04. The summed E-state index contributed by atoms with van der Waals surface area (Å²) < 4.78 is 0. The van der Waals surface area contributed by atoms with Crippen molar-refractivity contribution in [3.63, 3.8) is 0 Å². The van der Waals surface area contributed by atoms with Crippen LogP contribution in [0.1, 0.15) is 38.3 Å². The lowest BCUT2D eigenvalue weighted by molar-refractivity contribution is 0.522. The Kier molecular flexibility index (Phi) is 6.00.